The quantitative estimate of drug-likeness (QED) is 0.245. The first-order valence-electron chi connectivity index (χ1n) is 8.17. The van der Waals surface area contributed by atoms with E-state index in [1.54, 1.807) is 22.9 Å². The highest BCUT2D eigenvalue weighted by Crippen LogP contribution is 2.38. The van der Waals surface area contributed by atoms with Crippen LogP contribution >= 0.6 is 23.2 Å². The fraction of sp³-hybridized carbons (Fsp3) is 0.105. The Morgan fingerprint density at radius 2 is 1.40 bits per heavy atom. The maximum Gasteiger partial charge on any atom is 0.416 e. The van der Waals surface area contributed by atoms with Gasteiger partial charge in [0, 0.05) is 11.9 Å². The van der Waals surface area contributed by atoms with Gasteiger partial charge in [0.25, 0.3) is 0 Å². The number of nitrogens with one attached hydrogen (secondary N) is 1. The van der Waals surface area contributed by atoms with Gasteiger partial charge in [-0.1, -0.05) is 23.2 Å². The van der Waals surface area contributed by atoms with Crippen molar-refractivity contribution in [2.45, 2.75) is 12.4 Å². The molecule has 3 nitrogen and oxygen atoms in total. The zero-order valence-corrected chi connectivity index (χ0v) is 16.2. The molecule has 11 heteroatoms. The van der Waals surface area contributed by atoms with Gasteiger partial charge in [-0.3, -0.25) is 5.43 Å². The zero-order chi connectivity index (χ0) is 22.1. The van der Waals surface area contributed by atoms with Crippen LogP contribution in [0.4, 0.5) is 32.0 Å². The van der Waals surface area contributed by atoms with Crippen LogP contribution < -0.4 is 5.43 Å². The maximum atomic E-state index is 12.8. The number of nitrogens with zero attached hydrogens (tertiary/aromatic N) is 2. The van der Waals surface area contributed by atoms with Gasteiger partial charge in [0.05, 0.1) is 38.8 Å². The molecule has 0 unspecified atom stereocenters. The molecule has 0 aliphatic rings. The highest BCUT2D eigenvalue weighted by molar-refractivity contribution is 6.39. The minimum Gasteiger partial charge on any atom is -0.316 e. The van der Waals surface area contributed by atoms with Gasteiger partial charge in [-0.25, -0.2) is 0 Å². The summed E-state index contributed by atoms with van der Waals surface area (Å²) < 4.78 is 78.0. The molecule has 0 saturated carbocycles. The van der Waals surface area contributed by atoms with Crippen molar-refractivity contribution < 1.29 is 26.3 Å². The van der Waals surface area contributed by atoms with Crippen molar-refractivity contribution in [3.05, 3.63) is 81.6 Å². The third-order valence-corrected chi connectivity index (χ3v) is 4.59. The van der Waals surface area contributed by atoms with E-state index in [0.717, 1.165) is 24.3 Å². The first-order chi connectivity index (χ1) is 14.0. The summed E-state index contributed by atoms with van der Waals surface area (Å²) in [6.07, 6.45) is -6.11. The van der Waals surface area contributed by atoms with E-state index in [-0.39, 0.29) is 15.7 Å². The molecule has 2 aromatic carbocycles. The van der Waals surface area contributed by atoms with E-state index in [2.05, 4.69) is 10.5 Å². The molecule has 30 heavy (non-hydrogen) atoms. The van der Waals surface area contributed by atoms with Gasteiger partial charge in [0.1, 0.15) is 0 Å². The number of rotatable bonds is 4. The molecule has 1 N–H and O–H groups in total. The van der Waals surface area contributed by atoms with Gasteiger partial charge in [-0.2, -0.15) is 31.4 Å². The van der Waals surface area contributed by atoms with Crippen molar-refractivity contribution >= 4 is 35.1 Å². The normalized spacial score (nSPS) is 12.5. The van der Waals surface area contributed by atoms with Crippen molar-refractivity contribution in [2.24, 2.45) is 5.10 Å². The van der Waals surface area contributed by atoms with Gasteiger partial charge in [0.2, 0.25) is 0 Å². The molecule has 3 aromatic rings. The second kappa shape index (κ2) is 8.23. The summed E-state index contributed by atoms with van der Waals surface area (Å²) >= 11 is 11.7. The van der Waals surface area contributed by atoms with Crippen LogP contribution in [0.5, 0.6) is 0 Å². The lowest BCUT2D eigenvalue weighted by atomic mass is 10.2. The van der Waals surface area contributed by atoms with Crippen LogP contribution in [0.2, 0.25) is 10.0 Å². The second-order valence-electron chi connectivity index (χ2n) is 6.03. The molecular formula is C19H11Cl2F6N3. The molecule has 0 aliphatic carbocycles. The molecule has 0 saturated heterocycles. The number of hydrogen-bond acceptors (Lipinski definition) is 2. The number of hydrazone groups is 1. The number of halogens is 8. The number of aromatic nitrogens is 1. The summed E-state index contributed by atoms with van der Waals surface area (Å²) in [7, 11) is 0. The van der Waals surface area contributed by atoms with Crippen LogP contribution in [-0.4, -0.2) is 10.8 Å². The summed E-state index contributed by atoms with van der Waals surface area (Å²) in [6, 6.07) is 9.24. The Hall–Kier alpha value is -2.65. The predicted octanol–water partition coefficient (Wildman–Crippen LogP) is 7.27. The Kier molecular flexibility index (Phi) is 6.05. The summed E-state index contributed by atoms with van der Waals surface area (Å²) in [5.41, 5.74) is 1.64. The molecular weight excluding hydrogens is 455 g/mol. The largest absolute Gasteiger partial charge is 0.416 e. The van der Waals surface area contributed by atoms with Gasteiger partial charge in [-0.05, 0) is 48.5 Å². The third kappa shape index (κ3) is 4.91. The van der Waals surface area contributed by atoms with Crippen LogP contribution in [-0.2, 0) is 12.4 Å². The lowest BCUT2D eigenvalue weighted by Gasteiger charge is -2.12. The Morgan fingerprint density at radius 1 is 0.833 bits per heavy atom. The predicted molar refractivity (Wildman–Crippen MR) is 103 cm³/mol. The first kappa shape index (κ1) is 22.0. The van der Waals surface area contributed by atoms with E-state index < -0.39 is 23.5 Å². The molecule has 3 rings (SSSR count). The number of anilines is 1. The lowest BCUT2D eigenvalue weighted by molar-refractivity contribution is -0.138. The molecule has 1 heterocycles. The molecule has 0 spiro atoms. The Labute approximate surface area is 176 Å². The molecule has 0 atom stereocenters. The molecule has 158 valence electrons. The summed E-state index contributed by atoms with van der Waals surface area (Å²) in [6.45, 7) is 0. The Bertz CT molecular complexity index is 1050. The van der Waals surface area contributed by atoms with Crippen LogP contribution in [0.25, 0.3) is 5.69 Å². The fourth-order valence-electron chi connectivity index (χ4n) is 2.55. The van der Waals surface area contributed by atoms with Crippen molar-refractivity contribution in [1.82, 2.24) is 4.57 Å². The second-order valence-corrected chi connectivity index (χ2v) is 6.84. The average molecular weight is 466 g/mol. The standard InChI is InChI=1S/C19H11Cl2F6N3/c20-15-8-12(19(25,26)27)9-16(21)17(15)29-28-10-14-2-1-7-30(14)13-5-3-11(4-6-13)18(22,23)24/h1-10,29H/b28-10-. The van der Waals surface area contributed by atoms with Crippen molar-refractivity contribution in [1.29, 1.82) is 0 Å². The van der Waals surface area contributed by atoms with E-state index in [1.165, 1.54) is 18.3 Å². The lowest BCUT2D eigenvalue weighted by Crippen LogP contribution is -2.06. The van der Waals surface area contributed by atoms with Gasteiger partial charge in [0.15, 0.2) is 0 Å². The molecule has 0 aliphatic heterocycles. The fourth-order valence-corrected chi connectivity index (χ4v) is 3.12. The van der Waals surface area contributed by atoms with E-state index in [1.807, 2.05) is 0 Å². The van der Waals surface area contributed by atoms with Gasteiger partial charge < -0.3 is 4.57 Å². The molecule has 0 bridgehead atoms. The van der Waals surface area contributed by atoms with E-state index in [9.17, 15) is 26.3 Å². The van der Waals surface area contributed by atoms with E-state index in [0.29, 0.717) is 11.4 Å². The minimum absolute atomic E-state index is 0.0183. The summed E-state index contributed by atoms with van der Waals surface area (Å²) in [5, 5.41) is 3.37. The minimum atomic E-state index is -4.60. The number of benzene rings is 2. The molecule has 1 aromatic heterocycles. The highest BCUT2D eigenvalue weighted by Gasteiger charge is 2.32. The van der Waals surface area contributed by atoms with Crippen molar-refractivity contribution in [2.75, 3.05) is 5.43 Å². The number of alkyl halides is 6. The SMILES string of the molecule is FC(F)(F)c1ccc(-n2cccc2/C=N\Nc2c(Cl)cc(C(F)(F)F)cc2Cl)cc1. The van der Waals surface area contributed by atoms with Crippen LogP contribution in [0.15, 0.2) is 59.8 Å². The molecule has 0 radical (unpaired) electrons. The smallest absolute Gasteiger partial charge is 0.316 e. The van der Waals surface area contributed by atoms with Gasteiger partial charge >= 0.3 is 12.4 Å². The monoisotopic (exact) mass is 465 g/mol. The summed E-state index contributed by atoms with van der Waals surface area (Å²) in [5.74, 6) is 0. The number of hydrogen-bond donors (Lipinski definition) is 1. The van der Waals surface area contributed by atoms with Gasteiger partial charge in [-0.15, -0.1) is 0 Å². The average Bonchev–Trinajstić information content (AvgIpc) is 3.11. The van der Waals surface area contributed by atoms with Crippen LogP contribution in [0.1, 0.15) is 16.8 Å². The topological polar surface area (TPSA) is 29.3 Å². The third-order valence-electron chi connectivity index (χ3n) is 4.00. The zero-order valence-electron chi connectivity index (χ0n) is 14.7. The van der Waals surface area contributed by atoms with Crippen LogP contribution in [0, 0.1) is 0 Å². The van der Waals surface area contributed by atoms with Crippen molar-refractivity contribution in [3.8, 4) is 5.69 Å². The van der Waals surface area contributed by atoms with Crippen molar-refractivity contribution in [3.63, 3.8) is 0 Å². The molecule has 0 amide bonds. The van der Waals surface area contributed by atoms with Crippen LogP contribution in [0.3, 0.4) is 0 Å². The maximum absolute atomic E-state index is 12.8. The molecule has 0 fully saturated rings. The first-order valence-corrected chi connectivity index (χ1v) is 8.93. The van der Waals surface area contributed by atoms with E-state index >= 15 is 0 Å². The highest BCUT2D eigenvalue weighted by atomic mass is 35.5. The Morgan fingerprint density at radius 3 is 1.93 bits per heavy atom. The van der Waals surface area contributed by atoms with E-state index in [4.69, 9.17) is 23.2 Å². The Balaban J connectivity index is 1.80. The summed E-state index contributed by atoms with van der Waals surface area (Å²) in [4.78, 5) is 0.